The van der Waals surface area contributed by atoms with E-state index in [4.69, 9.17) is 9.47 Å². The molecule has 1 amide bonds. The molecule has 0 saturated heterocycles. The van der Waals surface area contributed by atoms with Gasteiger partial charge in [-0.1, -0.05) is 24.3 Å². The number of benzene rings is 2. The van der Waals surface area contributed by atoms with Crippen molar-refractivity contribution in [2.24, 2.45) is 4.99 Å². The molecule has 0 heterocycles. The van der Waals surface area contributed by atoms with Gasteiger partial charge in [-0.15, -0.1) is 0 Å². The van der Waals surface area contributed by atoms with Crippen molar-refractivity contribution in [3.63, 3.8) is 0 Å². The highest BCUT2D eigenvalue weighted by atomic mass is 16.5. The predicted molar refractivity (Wildman–Crippen MR) is 127 cm³/mol. The highest BCUT2D eigenvalue weighted by molar-refractivity contribution is 5.79. The maximum absolute atomic E-state index is 11.8. The van der Waals surface area contributed by atoms with Gasteiger partial charge in [-0.2, -0.15) is 0 Å². The lowest BCUT2D eigenvalue weighted by molar-refractivity contribution is -0.123. The molecule has 32 heavy (non-hydrogen) atoms. The van der Waals surface area contributed by atoms with Gasteiger partial charge < -0.3 is 25.4 Å². The number of rotatable bonds is 11. The van der Waals surface area contributed by atoms with Gasteiger partial charge in [0.15, 0.2) is 12.6 Å². The molecule has 2 aromatic carbocycles. The highest BCUT2D eigenvalue weighted by Gasteiger charge is 2.23. The summed E-state index contributed by atoms with van der Waals surface area (Å²) in [7, 11) is 0. The fraction of sp³-hybridized carbons (Fsp3) is 0.440. The van der Waals surface area contributed by atoms with Crippen molar-refractivity contribution < 1.29 is 14.3 Å². The van der Waals surface area contributed by atoms with Crippen LogP contribution in [0, 0.1) is 6.92 Å². The highest BCUT2D eigenvalue weighted by Crippen LogP contribution is 2.19. The van der Waals surface area contributed by atoms with Crippen LogP contribution in [0.5, 0.6) is 11.5 Å². The smallest absolute Gasteiger partial charge is 0.258 e. The summed E-state index contributed by atoms with van der Waals surface area (Å²) in [6.45, 7) is 8.02. The van der Waals surface area contributed by atoms with E-state index in [1.807, 2.05) is 56.3 Å². The fourth-order valence-corrected chi connectivity index (χ4v) is 3.09. The second-order valence-electron chi connectivity index (χ2n) is 8.10. The summed E-state index contributed by atoms with van der Waals surface area (Å²) in [5.74, 6) is 2.18. The molecule has 0 aliphatic heterocycles. The number of guanidine groups is 1. The van der Waals surface area contributed by atoms with E-state index in [0.717, 1.165) is 36.7 Å². The van der Waals surface area contributed by atoms with Gasteiger partial charge in [-0.25, -0.2) is 4.99 Å². The number of aryl methyl sites for hydroxylation is 1. The van der Waals surface area contributed by atoms with Gasteiger partial charge >= 0.3 is 0 Å². The largest absolute Gasteiger partial charge is 0.489 e. The van der Waals surface area contributed by atoms with E-state index < -0.39 is 0 Å². The first-order valence-corrected chi connectivity index (χ1v) is 11.3. The molecule has 3 N–H and O–H groups in total. The summed E-state index contributed by atoms with van der Waals surface area (Å²) in [5.41, 5.74) is 2.18. The van der Waals surface area contributed by atoms with E-state index in [9.17, 15) is 4.79 Å². The van der Waals surface area contributed by atoms with Crippen LogP contribution in [0.25, 0.3) is 0 Å². The van der Waals surface area contributed by atoms with E-state index in [1.165, 1.54) is 5.56 Å². The fourth-order valence-electron chi connectivity index (χ4n) is 3.09. The number of nitrogens with one attached hydrogen (secondary N) is 3. The average molecular weight is 439 g/mol. The standard InChI is InChI=1S/C25H34N4O3/c1-4-26-25(27-15-19(3)32-23-10-5-7-18(2)13-23)28-16-20-8-6-9-22(14-20)31-17-24(30)29-21-11-12-21/h5-10,13-14,19,21H,4,11-12,15-17H2,1-3H3,(H,29,30)(H2,26,27,28). The Morgan fingerprint density at radius 2 is 1.91 bits per heavy atom. The number of hydrogen-bond acceptors (Lipinski definition) is 4. The summed E-state index contributed by atoms with van der Waals surface area (Å²) < 4.78 is 11.6. The molecule has 0 radical (unpaired) electrons. The van der Waals surface area contributed by atoms with Crippen molar-refractivity contribution >= 4 is 11.9 Å². The van der Waals surface area contributed by atoms with Gasteiger partial charge in [0.05, 0.1) is 13.1 Å². The number of aliphatic imine (C=N–C) groups is 1. The number of ether oxygens (including phenoxy) is 2. The molecular weight excluding hydrogens is 404 g/mol. The molecule has 1 aliphatic carbocycles. The summed E-state index contributed by atoms with van der Waals surface area (Å²) in [6.07, 6.45) is 2.12. The SMILES string of the molecule is CCNC(=NCc1cccc(OCC(=O)NC2CC2)c1)NCC(C)Oc1cccc(C)c1. The number of amides is 1. The van der Waals surface area contributed by atoms with Crippen LogP contribution in [0.15, 0.2) is 53.5 Å². The lowest BCUT2D eigenvalue weighted by atomic mass is 10.2. The Kier molecular flexibility index (Phi) is 8.78. The maximum Gasteiger partial charge on any atom is 0.258 e. The lowest BCUT2D eigenvalue weighted by Gasteiger charge is -2.18. The Balaban J connectivity index is 1.48. The Labute approximate surface area is 190 Å². The molecule has 1 fully saturated rings. The van der Waals surface area contributed by atoms with Gasteiger partial charge in [0.1, 0.15) is 17.6 Å². The zero-order valence-corrected chi connectivity index (χ0v) is 19.2. The summed E-state index contributed by atoms with van der Waals surface area (Å²) in [4.78, 5) is 16.5. The molecule has 1 saturated carbocycles. The van der Waals surface area contributed by atoms with E-state index in [0.29, 0.717) is 24.9 Å². The van der Waals surface area contributed by atoms with Crippen molar-refractivity contribution in [2.75, 3.05) is 19.7 Å². The zero-order valence-electron chi connectivity index (χ0n) is 19.2. The van der Waals surface area contributed by atoms with Crippen LogP contribution in [0.2, 0.25) is 0 Å². The second kappa shape index (κ2) is 12.0. The molecule has 172 valence electrons. The minimum atomic E-state index is -0.0726. The summed E-state index contributed by atoms with van der Waals surface area (Å²) in [5, 5.41) is 9.51. The van der Waals surface area contributed by atoms with Gasteiger partial charge in [-0.3, -0.25) is 4.79 Å². The molecule has 1 atom stereocenters. The average Bonchev–Trinajstić information content (AvgIpc) is 3.58. The van der Waals surface area contributed by atoms with Crippen molar-refractivity contribution in [3.05, 3.63) is 59.7 Å². The topological polar surface area (TPSA) is 84.0 Å². The van der Waals surface area contributed by atoms with Crippen LogP contribution in [-0.4, -0.2) is 43.7 Å². The van der Waals surface area contributed by atoms with Crippen molar-refractivity contribution in [1.82, 2.24) is 16.0 Å². The van der Waals surface area contributed by atoms with Crippen LogP contribution < -0.4 is 25.4 Å². The summed E-state index contributed by atoms with van der Waals surface area (Å²) in [6, 6.07) is 16.1. The molecule has 3 rings (SSSR count). The maximum atomic E-state index is 11.8. The number of carbonyl (C=O) groups is 1. The van der Waals surface area contributed by atoms with Crippen molar-refractivity contribution in [3.8, 4) is 11.5 Å². The van der Waals surface area contributed by atoms with Crippen LogP contribution in [0.4, 0.5) is 0 Å². The van der Waals surface area contributed by atoms with E-state index in [2.05, 4.69) is 33.9 Å². The predicted octanol–water partition coefficient (Wildman–Crippen LogP) is 3.18. The Morgan fingerprint density at radius 1 is 1.12 bits per heavy atom. The third-order valence-corrected chi connectivity index (χ3v) is 4.86. The van der Waals surface area contributed by atoms with Gasteiger partial charge in [0.2, 0.25) is 0 Å². The quantitative estimate of drug-likeness (QED) is 0.371. The van der Waals surface area contributed by atoms with E-state index >= 15 is 0 Å². The number of nitrogens with zero attached hydrogens (tertiary/aromatic N) is 1. The molecule has 0 spiro atoms. The van der Waals surface area contributed by atoms with Crippen molar-refractivity contribution in [2.45, 2.75) is 52.3 Å². The minimum Gasteiger partial charge on any atom is -0.489 e. The first kappa shape index (κ1) is 23.4. The molecule has 0 aromatic heterocycles. The molecule has 1 unspecified atom stereocenters. The Morgan fingerprint density at radius 3 is 2.66 bits per heavy atom. The van der Waals surface area contributed by atoms with Crippen LogP contribution in [0.3, 0.4) is 0 Å². The van der Waals surface area contributed by atoms with E-state index in [-0.39, 0.29) is 18.6 Å². The summed E-state index contributed by atoms with van der Waals surface area (Å²) >= 11 is 0. The molecule has 2 aromatic rings. The monoisotopic (exact) mass is 438 g/mol. The van der Waals surface area contributed by atoms with Gasteiger partial charge in [0, 0.05) is 12.6 Å². The lowest BCUT2D eigenvalue weighted by Crippen LogP contribution is -2.41. The first-order chi connectivity index (χ1) is 15.5. The normalized spacial score (nSPS) is 14.4. The van der Waals surface area contributed by atoms with Crippen LogP contribution >= 0.6 is 0 Å². The second-order valence-corrected chi connectivity index (χ2v) is 8.10. The third kappa shape index (κ3) is 8.49. The zero-order chi connectivity index (χ0) is 22.8. The van der Waals surface area contributed by atoms with E-state index in [1.54, 1.807) is 0 Å². The molecule has 1 aliphatic rings. The Hall–Kier alpha value is -3.22. The molecular formula is C25H34N4O3. The van der Waals surface area contributed by atoms with Crippen molar-refractivity contribution in [1.29, 1.82) is 0 Å². The third-order valence-electron chi connectivity index (χ3n) is 4.86. The van der Waals surface area contributed by atoms with Gasteiger partial charge in [0.25, 0.3) is 5.91 Å². The first-order valence-electron chi connectivity index (χ1n) is 11.3. The van der Waals surface area contributed by atoms with Gasteiger partial charge in [-0.05, 0) is 69.0 Å². The minimum absolute atomic E-state index is 0.0147. The van der Waals surface area contributed by atoms with Crippen LogP contribution in [0.1, 0.15) is 37.8 Å². The number of carbonyl (C=O) groups excluding carboxylic acids is 1. The molecule has 7 heteroatoms. The molecule has 7 nitrogen and oxygen atoms in total. The number of hydrogen-bond donors (Lipinski definition) is 3. The van der Waals surface area contributed by atoms with Crippen LogP contribution in [-0.2, 0) is 11.3 Å². The molecule has 0 bridgehead atoms. The Bertz CT molecular complexity index is 912.